The van der Waals surface area contributed by atoms with Gasteiger partial charge in [-0.2, -0.15) is 0 Å². The van der Waals surface area contributed by atoms with Crippen molar-refractivity contribution in [1.82, 2.24) is 0 Å². The van der Waals surface area contributed by atoms with Gasteiger partial charge in [0.15, 0.2) is 16.6 Å². The zero-order valence-electron chi connectivity index (χ0n) is 14.2. The zero-order valence-corrected chi connectivity index (χ0v) is 17.2. The van der Waals surface area contributed by atoms with Gasteiger partial charge < -0.3 is 8.85 Å². The van der Waals surface area contributed by atoms with Crippen molar-refractivity contribution in [3.63, 3.8) is 0 Å². The largest absolute Gasteiger partial charge is 0.418 e. The molecule has 0 aliphatic carbocycles. The molecule has 0 bridgehead atoms. The van der Waals surface area contributed by atoms with E-state index in [4.69, 9.17) is 8.85 Å². The van der Waals surface area contributed by atoms with Crippen LogP contribution in [0, 0.1) is 0 Å². The molecule has 0 spiro atoms. The lowest BCUT2D eigenvalue weighted by molar-refractivity contribution is 0.224. The molecule has 0 radical (unpaired) electrons. The van der Waals surface area contributed by atoms with Crippen LogP contribution in [-0.4, -0.2) is 36.2 Å². The monoisotopic (exact) mass is 306 g/mol. The average molecular weight is 307 g/mol. The van der Waals surface area contributed by atoms with E-state index in [1.165, 1.54) is 0 Å². The molecule has 0 rings (SSSR count). The molecule has 0 aromatic heterocycles. The summed E-state index contributed by atoms with van der Waals surface area (Å²) in [5.41, 5.74) is 0.806. The minimum absolute atomic E-state index is 0.380. The van der Waals surface area contributed by atoms with E-state index in [1.54, 1.807) is 0 Å². The Bertz CT molecular complexity index is 254. The summed E-state index contributed by atoms with van der Waals surface area (Å²) in [6, 6.07) is 0. The minimum atomic E-state index is -1.53. The maximum Gasteiger partial charge on any atom is 0.183 e. The predicted octanol–water partition coefficient (Wildman–Crippen LogP) is 4.64. The van der Waals surface area contributed by atoms with E-state index in [0.717, 1.165) is 6.42 Å². The number of hydrogen-bond acceptors (Lipinski definition) is 2. The first kappa shape index (κ1) is 18.6. The van der Waals surface area contributed by atoms with Crippen molar-refractivity contribution in [2.24, 2.45) is 0 Å². The third-order valence-electron chi connectivity index (χ3n) is 3.27. The highest BCUT2D eigenvalue weighted by Gasteiger charge is 2.41. The van der Waals surface area contributed by atoms with Gasteiger partial charge in [-0.3, -0.25) is 0 Å². The van der Waals surface area contributed by atoms with Gasteiger partial charge in [0, 0.05) is 11.5 Å². The third-order valence-corrected chi connectivity index (χ3v) is 10.2. The molecule has 0 aromatic carbocycles. The molecule has 0 amide bonds. The SMILES string of the molecule is CCC(O[Si](C)(C)C)[Si](C)(C)C(C)O[Si](C)(C)C. The molecule has 0 fully saturated rings. The summed E-state index contributed by atoms with van der Waals surface area (Å²) in [5, 5.41) is 0. The maximum atomic E-state index is 6.42. The normalized spacial score (nSPS) is 17.7. The molecule has 0 saturated carbocycles. The molecular weight excluding hydrogens is 272 g/mol. The summed E-state index contributed by atoms with van der Waals surface area (Å²) < 4.78 is 12.8. The molecule has 2 unspecified atom stereocenters. The van der Waals surface area contributed by atoms with Crippen molar-refractivity contribution < 1.29 is 8.85 Å². The Balaban J connectivity index is 4.85. The Labute approximate surface area is 118 Å². The van der Waals surface area contributed by atoms with E-state index in [-0.39, 0.29) is 0 Å². The first-order chi connectivity index (χ1) is 7.79. The molecular formula is C13H34O2Si3. The molecule has 0 heterocycles. The van der Waals surface area contributed by atoms with Gasteiger partial charge >= 0.3 is 0 Å². The van der Waals surface area contributed by atoms with E-state index in [2.05, 4.69) is 66.2 Å². The summed E-state index contributed by atoms with van der Waals surface area (Å²) in [6.45, 7) is 23.0. The lowest BCUT2D eigenvalue weighted by Gasteiger charge is -2.42. The summed E-state index contributed by atoms with van der Waals surface area (Å²) in [7, 11) is -4.45. The summed E-state index contributed by atoms with van der Waals surface area (Å²) in [6.07, 6.45) is 1.11. The highest BCUT2D eigenvalue weighted by Crippen LogP contribution is 2.26. The second kappa shape index (κ2) is 6.35. The molecule has 0 aliphatic rings. The smallest absolute Gasteiger partial charge is 0.183 e. The van der Waals surface area contributed by atoms with Crippen LogP contribution in [-0.2, 0) is 8.85 Å². The van der Waals surface area contributed by atoms with Crippen LogP contribution in [0.3, 0.4) is 0 Å². The molecule has 2 atom stereocenters. The van der Waals surface area contributed by atoms with Gasteiger partial charge in [0.05, 0.1) is 0 Å². The minimum Gasteiger partial charge on any atom is -0.418 e. The van der Waals surface area contributed by atoms with Crippen LogP contribution < -0.4 is 0 Å². The molecule has 5 heteroatoms. The third kappa shape index (κ3) is 6.65. The van der Waals surface area contributed by atoms with Gasteiger partial charge in [0.25, 0.3) is 0 Å². The van der Waals surface area contributed by atoms with Crippen LogP contribution in [0.4, 0.5) is 0 Å². The molecule has 0 aromatic rings. The second-order valence-corrected chi connectivity index (χ2v) is 21.8. The fourth-order valence-corrected chi connectivity index (χ4v) is 10.3. The Morgan fingerprint density at radius 3 is 1.44 bits per heavy atom. The average Bonchev–Trinajstić information content (AvgIpc) is 2.09. The molecule has 2 nitrogen and oxygen atoms in total. The van der Waals surface area contributed by atoms with Crippen LogP contribution in [0.2, 0.25) is 52.4 Å². The highest BCUT2D eigenvalue weighted by atomic mass is 28.4. The molecule has 0 saturated heterocycles. The van der Waals surface area contributed by atoms with Crippen molar-refractivity contribution in [2.45, 2.75) is 84.1 Å². The molecule has 0 aliphatic heterocycles. The lowest BCUT2D eigenvalue weighted by atomic mass is 10.5. The van der Waals surface area contributed by atoms with Crippen molar-refractivity contribution in [2.75, 3.05) is 0 Å². The van der Waals surface area contributed by atoms with Crippen molar-refractivity contribution >= 4 is 24.7 Å². The van der Waals surface area contributed by atoms with Crippen LogP contribution >= 0.6 is 0 Å². The van der Waals surface area contributed by atoms with Crippen molar-refractivity contribution in [1.29, 1.82) is 0 Å². The number of rotatable bonds is 7. The maximum absolute atomic E-state index is 6.42. The van der Waals surface area contributed by atoms with E-state index in [0.29, 0.717) is 11.5 Å². The van der Waals surface area contributed by atoms with E-state index in [1.807, 2.05) is 0 Å². The van der Waals surface area contributed by atoms with Crippen LogP contribution in [0.1, 0.15) is 20.3 Å². The molecule has 0 N–H and O–H groups in total. The van der Waals surface area contributed by atoms with E-state index >= 15 is 0 Å². The van der Waals surface area contributed by atoms with Gasteiger partial charge in [0.1, 0.15) is 8.07 Å². The van der Waals surface area contributed by atoms with Crippen molar-refractivity contribution in [3.8, 4) is 0 Å². The van der Waals surface area contributed by atoms with Gasteiger partial charge in [-0.1, -0.05) is 20.0 Å². The van der Waals surface area contributed by atoms with E-state index < -0.39 is 24.7 Å². The molecule has 18 heavy (non-hydrogen) atoms. The van der Waals surface area contributed by atoms with E-state index in [9.17, 15) is 0 Å². The first-order valence-electron chi connectivity index (χ1n) is 7.15. The standard InChI is InChI=1S/C13H34O2Si3/c1-11-13(15-17(6,7)8)18(9,10)12(2)14-16(3,4)5/h12-13H,11H2,1-10H3. The van der Waals surface area contributed by atoms with Gasteiger partial charge in [-0.15, -0.1) is 0 Å². The predicted molar refractivity (Wildman–Crippen MR) is 89.9 cm³/mol. The Hall–Kier alpha value is 0.571. The van der Waals surface area contributed by atoms with Crippen molar-refractivity contribution in [3.05, 3.63) is 0 Å². The number of hydrogen-bond donors (Lipinski definition) is 0. The topological polar surface area (TPSA) is 18.5 Å². The fraction of sp³-hybridized carbons (Fsp3) is 1.00. The summed E-state index contributed by atoms with van der Waals surface area (Å²) >= 11 is 0. The second-order valence-electron chi connectivity index (χ2n) is 7.82. The first-order valence-corrected chi connectivity index (χ1v) is 17.1. The lowest BCUT2D eigenvalue weighted by Crippen LogP contribution is -2.57. The highest BCUT2D eigenvalue weighted by molar-refractivity contribution is 6.82. The van der Waals surface area contributed by atoms with Crippen LogP contribution in [0.5, 0.6) is 0 Å². The Morgan fingerprint density at radius 2 is 1.17 bits per heavy atom. The quantitative estimate of drug-likeness (QED) is 0.638. The fourth-order valence-electron chi connectivity index (χ4n) is 2.13. The Kier molecular flexibility index (Phi) is 6.55. The molecule has 110 valence electrons. The Morgan fingerprint density at radius 1 is 0.778 bits per heavy atom. The zero-order chi connectivity index (χ0) is 14.8. The van der Waals surface area contributed by atoms with Gasteiger partial charge in [-0.05, 0) is 52.6 Å². The summed E-state index contributed by atoms with van der Waals surface area (Å²) in [4.78, 5) is 0. The van der Waals surface area contributed by atoms with Gasteiger partial charge in [0.2, 0.25) is 0 Å². The van der Waals surface area contributed by atoms with Crippen LogP contribution in [0.25, 0.3) is 0 Å². The summed E-state index contributed by atoms with van der Waals surface area (Å²) in [5.74, 6) is 0. The van der Waals surface area contributed by atoms with Gasteiger partial charge in [-0.25, -0.2) is 0 Å². The van der Waals surface area contributed by atoms with Crippen LogP contribution in [0.15, 0.2) is 0 Å².